The first-order chi connectivity index (χ1) is 8.70. The van der Waals surface area contributed by atoms with Crippen molar-refractivity contribution in [2.45, 2.75) is 72.0 Å². The number of carbonyl (C=O) groups excluding carboxylic acids is 1. The van der Waals surface area contributed by atoms with Gasteiger partial charge in [-0.2, -0.15) is 0 Å². The molecule has 0 amide bonds. The molecule has 0 radical (unpaired) electrons. The summed E-state index contributed by atoms with van der Waals surface area (Å²) in [6, 6.07) is 0. The molecule has 0 aromatic heterocycles. The molecule has 0 saturated heterocycles. The molecule has 3 nitrogen and oxygen atoms in total. The van der Waals surface area contributed by atoms with E-state index < -0.39 is 11.0 Å². The average molecular weight is 268 g/mol. The molecule has 2 rings (SSSR count). The van der Waals surface area contributed by atoms with Crippen LogP contribution in [0.15, 0.2) is 0 Å². The Kier molecular flexibility index (Phi) is 3.72. The summed E-state index contributed by atoms with van der Waals surface area (Å²) in [4.78, 5) is 12.1. The fourth-order valence-electron chi connectivity index (χ4n) is 3.59. The van der Waals surface area contributed by atoms with Crippen LogP contribution in [-0.2, 0) is 9.53 Å². The minimum atomic E-state index is -0.534. The third-order valence-electron chi connectivity index (χ3n) is 5.62. The second-order valence-electron chi connectivity index (χ2n) is 7.46. The van der Waals surface area contributed by atoms with Crippen molar-refractivity contribution in [2.75, 3.05) is 0 Å². The quantitative estimate of drug-likeness (QED) is 0.797. The van der Waals surface area contributed by atoms with Gasteiger partial charge >= 0.3 is 5.97 Å². The molecule has 0 heterocycles. The van der Waals surface area contributed by atoms with E-state index in [2.05, 4.69) is 13.8 Å². The zero-order valence-electron chi connectivity index (χ0n) is 12.9. The van der Waals surface area contributed by atoms with Crippen molar-refractivity contribution < 1.29 is 14.6 Å². The molecule has 0 spiro atoms. The minimum absolute atomic E-state index is 0.0300. The predicted molar refractivity (Wildman–Crippen MR) is 74.6 cm³/mol. The van der Waals surface area contributed by atoms with Crippen molar-refractivity contribution in [3.05, 3.63) is 0 Å². The highest BCUT2D eigenvalue weighted by Gasteiger charge is 2.57. The van der Waals surface area contributed by atoms with Gasteiger partial charge in [0.2, 0.25) is 0 Å². The van der Waals surface area contributed by atoms with Crippen LogP contribution in [-0.4, -0.2) is 22.8 Å². The largest absolute Gasteiger partial charge is 0.462 e. The van der Waals surface area contributed by atoms with Gasteiger partial charge in [0.25, 0.3) is 0 Å². The van der Waals surface area contributed by atoms with Gasteiger partial charge in [-0.3, -0.25) is 4.79 Å². The highest BCUT2D eigenvalue weighted by Crippen LogP contribution is 2.54. The summed E-state index contributed by atoms with van der Waals surface area (Å²) in [5.41, 5.74) is -0.927. The van der Waals surface area contributed by atoms with Gasteiger partial charge < -0.3 is 9.84 Å². The van der Waals surface area contributed by atoms with Gasteiger partial charge in [0.15, 0.2) is 0 Å². The van der Waals surface area contributed by atoms with Crippen molar-refractivity contribution in [2.24, 2.45) is 23.2 Å². The topological polar surface area (TPSA) is 46.5 Å². The monoisotopic (exact) mass is 268 g/mol. The van der Waals surface area contributed by atoms with E-state index in [0.717, 1.165) is 25.7 Å². The van der Waals surface area contributed by atoms with Crippen molar-refractivity contribution in [1.29, 1.82) is 0 Å². The molecule has 2 aliphatic carbocycles. The number of fused-ring (bicyclic) bond motifs is 2. The summed E-state index contributed by atoms with van der Waals surface area (Å²) >= 11 is 0. The summed E-state index contributed by atoms with van der Waals surface area (Å²) in [5, 5.41) is 10.7. The fraction of sp³-hybridized carbons (Fsp3) is 0.938. The average Bonchev–Trinajstić information content (AvgIpc) is 2.86. The SMILES string of the molecule is CCC(C)(C)C(=O)OC1CC2CC1CC2(O)C(C)C. The van der Waals surface area contributed by atoms with E-state index in [1.165, 1.54) is 0 Å². The fourth-order valence-corrected chi connectivity index (χ4v) is 3.59. The molecule has 4 atom stereocenters. The number of hydrogen-bond acceptors (Lipinski definition) is 3. The Morgan fingerprint density at radius 3 is 2.47 bits per heavy atom. The van der Waals surface area contributed by atoms with Gasteiger partial charge in [-0.1, -0.05) is 20.8 Å². The van der Waals surface area contributed by atoms with Crippen LogP contribution in [0.5, 0.6) is 0 Å². The summed E-state index contributed by atoms with van der Waals surface area (Å²) in [6.45, 7) is 10.1. The van der Waals surface area contributed by atoms with Crippen LogP contribution >= 0.6 is 0 Å². The van der Waals surface area contributed by atoms with Gasteiger partial charge in [-0.05, 0) is 57.3 Å². The molecule has 2 saturated carbocycles. The molecule has 0 aromatic carbocycles. The molecule has 2 bridgehead atoms. The van der Waals surface area contributed by atoms with E-state index in [0.29, 0.717) is 11.8 Å². The molecule has 2 aliphatic rings. The van der Waals surface area contributed by atoms with E-state index in [4.69, 9.17) is 4.74 Å². The number of aliphatic hydroxyl groups is 1. The summed E-state index contributed by atoms with van der Waals surface area (Å²) in [6.07, 6.45) is 3.47. The number of ether oxygens (including phenoxy) is 1. The van der Waals surface area contributed by atoms with Crippen molar-refractivity contribution in [3.63, 3.8) is 0 Å². The third kappa shape index (κ3) is 2.42. The molecule has 19 heavy (non-hydrogen) atoms. The first-order valence-corrected chi connectivity index (χ1v) is 7.64. The van der Waals surface area contributed by atoms with E-state index in [9.17, 15) is 9.90 Å². The molecule has 0 aromatic rings. The van der Waals surface area contributed by atoms with Gasteiger partial charge in [-0.15, -0.1) is 0 Å². The number of esters is 1. The maximum atomic E-state index is 12.1. The van der Waals surface area contributed by atoms with Crippen LogP contribution in [0.3, 0.4) is 0 Å². The van der Waals surface area contributed by atoms with Crippen LogP contribution in [0.4, 0.5) is 0 Å². The first-order valence-electron chi connectivity index (χ1n) is 7.64. The standard InChI is InChI=1S/C16H28O3/c1-6-15(4,5)14(17)19-13-8-12-7-11(13)9-16(12,18)10(2)3/h10-13,18H,6-9H2,1-5H3. The van der Waals surface area contributed by atoms with Gasteiger partial charge in [0.1, 0.15) is 6.10 Å². The van der Waals surface area contributed by atoms with Crippen LogP contribution in [0.2, 0.25) is 0 Å². The number of rotatable bonds is 4. The normalized spacial score (nSPS) is 37.9. The second-order valence-corrected chi connectivity index (χ2v) is 7.46. The highest BCUT2D eigenvalue weighted by molar-refractivity contribution is 5.76. The maximum absolute atomic E-state index is 12.1. The van der Waals surface area contributed by atoms with E-state index in [-0.39, 0.29) is 18.0 Å². The zero-order chi connectivity index (χ0) is 14.4. The maximum Gasteiger partial charge on any atom is 0.311 e. The Morgan fingerprint density at radius 2 is 2.05 bits per heavy atom. The Hall–Kier alpha value is -0.570. The Balaban J connectivity index is 1.97. The molecule has 0 aliphatic heterocycles. The zero-order valence-corrected chi connectivity index (χ0v) is 12.9. The molecular weight excluding hydrogens is 240 g/mol. The van der Waals surface area contributed by atoms with Crippen molar-refractivity contribution >= 4 is 5.97 Å². The van der Waals surface area contributed by atoms with Crippen LogP contribution in [0.25, 0.3) is 0 Å². The Labute approximate surface area is 116 Å². The molecule has 1 N–H and O–H groups in total. The molecule has 4 unspecified atom stereocenters. The van der Waals surface area contributed by atoms with Crippen LogP contribution in [0.1, 0.15) is 60.3 Å². The summed E-state index contributed by atoms with van der Waals surface area (Å²) in [5.74, 6) is 0.862. The van der Waals surface area contributed by atoms with Gasteiger partial charge in [0, 0.05) is 0 Å². The molecule has 110 valence electrons. The number of hydrogen-bond donors (Lipinski definition) is 1. The van der Waals surface area contributed by atoms with Crippen LogP contribution < -0.4 is 0 Å². The van der Waals surface area contributed by atoms with Gasteiger partial charge in [-0.25, -0.2) is 0 Å². The molecule has 3 heteroatoms. The Bertz CT molecular complexity index is 361. The third-order valence-corrected chi connectivity index (χ3v) is 5.62. The summed E-state index contributed by atoms with van der Waals surface area (Å²) < 4.78 is 5.72. The van der Waals surface area contributed by atoms with Crippen LogP contribution in [0, 0.1) is 23.2 Å². The lowest BCUT2D eigenvalue weighted by atomic mass is 9.75. The summed E-state index contributed by atoms with van der Waals surface area (Å²) in [7, 11) is 0. The second kappa shape index (κ2) is 4.76. The highest BCUT2D eigenvalue weighted by atomic mass is 16.5. The van der Waals surface area contributed by atoms with Crippen molar-refractivity contribution in [1.82, 2.24) is 0 Å². The lowest BCUT2D eigenvalue weighted by Gasteiger charge is -2.39. The lowest BCUT2D eigenvalue weighted by Crippen LogP contribution is -2.44. The predicted octanol–water partition coefficient (Wildman–Crippen LogP) is 3.15. The van der Waals surface area contributed by atoms with E-state index >= 15 is 0 Å². The van der Waals surface area contributed by atoms with Gasteiger partial charge in [0.05, 0.1) is 11.0 Å². The first kappa shape index (κ1) is 14.8. The lowest BCUT2D eigenvalue weighted by molar-refractivity contribution is -0.166. The van der Waals surface area contributed by atoms with Crippen molar-refractivity contribution in [3.8, 4) is 0 Å². The molecule has 2 fully saturated rings. The minimum Gasteiger partial charge on any atom is -0.462 e. The smallest absolute Gasteiger partial charge is 0.311 e. The number of carbonyl (C=O) groups is 1. The Morgan fingerprint density at radius 1 is 1.42 bits per heavy atom. The molecular formula is C16H28O3. The van der Waals surface area contributed by atoms with E-state index in [1.807, 2.05) is 20.8 Å². The van der Waals surface area contributed by atoms with E-state index in [1.54, 1.807) is 0 Å².